The van der Waals surface area contributed by atoms with Crippen LogP contribution in [0.15, 0.2) is 41.3 Å². The van der Waals surface area contributed by atoms with Crippen LogP contribution in [0.5, 0.6) is 0 Å². The second kappa shape index (κ2) is 6.18. The van der Waals surface area contributed by atoms with E-state index in [9.17, 15) is 13.4 Å². The van der Waals surface area contributed by atoms with Crippen LogP contribution in [0.4, 0.5) is 4.39 Å². The molecular weight excluding hydrogens is 291 g/mol. The molecule has 0 aliphatic carbocycles. The zero-order valence-corrected chi connectivity index (χ0v) is 12.5. The molecule has 110 valence electrons. The van der Waals surface area contributed by atoms with Gasteiger partial charge in [0.25, 0.3) is 0 Å². The van der Waals surface area contributed by atoms with Gasteiger partial charge >= 0.3 is 5.97 Å². The van der Waals surface area contributed by atoms with Crippen LogP contribution >= 0.6 is 0 Å². The minimum atomic E-state index is -1.42. The van der Waals surface area contributed by atoms with Crippen LogP contribution in [-0.2, 0) is 16.6 Å². The summed E-state index contributed by atoms with van der Waals surface area (Å²) in [6.07, 6.45) is 0. The fourth-order valence-corrected chi connectivity index (χ4v) is 3.22. The number of carbonyl (C=O) groups is 1. The van der Waals surface area contributed by atoms with Gasteiger partial charge in [0.05, 0.1) is 22.1 Å². The molecule has 0 aromatic heterocycles. The first kappa shape index (κ1) is 15.4. The predicted octanol–water partition coefficient (Wildman–Crippen LogP) is 3.45. The fraction of sp³-hybridized carbons (Fsp3) is 0.188. The lowest BCUT2D eigenvalue weighted by Gasteiger charge is -2.08. The van der Waals surface area contributed by atoms with Crippen molar-refractivity contribution in [2.75, 3.05) is 0 Å². The Morgan fingerprint density at radius 1 is 1.14 bits per heavy atom. The highest BCUT2D eigenvalue weighted by Gasteiger charge is 2.13. The van der Waals surface area contributed by atoms with Gasteiger partial charge < -0.3 is 5.11 Å². The third-order valence-corrected chi connectivity index (χ3v) is 4.65. The Morgan fingerprint density at radius 3 is 2.48 bits per heavy atom. The molecule has 2 aromatic rings. The van der Waals surface area contributed by atoms with Crippen LogP contribution in [-0.4, -0.2) is 15.3 Å². The van der Waals surface area contributed by atoms with Gasteiger partial charge in [0.1, 0.15) is 5.82 Å². The van der Waals surface area contributed by atoms with E-state index in [2.05, 4.69) is 0 Å². The van der Waals surface area contributed by atoms with E-state index >= 15 is 0 Å². The van der Waals surface area contributed by atoms with E-state index in [1.165, 1.54) is 18.2 Å². The number of halogens is 1. The van der Waals surface area contributed by atoms with E-state index in [0.717, 1.165) is 5.56 Å². The number of hydrogen-bond donors (Lipinski definition) is 1. The Kier molecular flexibility index (Phi) is 4.53. The number of rotatable bonds is 4. The normalized spacial score (nSPS) is 12.1. The molecule has 21 heavy (non-hydrogen) atoms. The van der Waals surface area contributed by atoms with Crippen molar-refractivity contribution in [2.45, 2.75) is 24.5 Å². The van der Waals surface area contributed by atoms with Crippen molar-refractivity contribution in [3.8, 4) is 0 Å². The van der Waals surface area contributed by atoms with Gasteiger partial charge in [0, 0.05) is 4.90 Å². The lowest BCUT2D eigenvalue weighted by atomic mass is 10.1. The summed E-state index contributed by atoms with van der Waals surface area (Å²) in [6, 6.07) is 9.05. The number of aryl methyl sites for hydroxylation is 2. The summed E-state index contributed by atoms with van der Waals surface area (Å²) in [5.74, 6) is -1.26. The highest BCUT2D eigenvalue weighted by atomic mass is 32.2. The highest BCUT2D eigenvalue weighted by molar-refractivity contribution is 7.84. The van der Waals surface area contributed by atoms with Gasteiger partial charge in [0.2, 0.25) is 0 Å². The van der Waals surface area contributed by atoms with E-state index in [1.54, 1.807) is 25.1 Å². The van der Waals surface area contributed by atoms with Crippen molar-refractivity contribution in [3.63, 3.8) is 0 Å². The number of hydrogen-bond acceptors (Lipinski definition) is 2. The number of aromatic carboxylic acids is 1. The summed E-state index contributed by atoms with van der Waals surface area (Å²) >= 11 is 0. The highest BCUT2D eigenvalue weighted by Crippen LogP contribution is 2.19. The second-order valence-corrected chi connectivity index (χ2v) is 6.29. The lowest BCUT2D eigenvalue weighted by Crippen LogP contribution is -2.04. The number of carboxylic acid groups (broad SMARTS) is 1. The Labute approximate surface area is 124 Å². The topological polar surface area (TPSA) is 54.4 Å². The van der Waals surface area contributed by atoms with Crippen molar-refractivity contribution < 1.29 is 18.5 Å². The van der Waals surface area contributed by atoms with Crippen molar-refractivity contribution in [1.82, 2.24) is 0 Å². The monoisotopic (exact) mass is 306 g/mol. The summed E-state index contributed by atoms with van der Waals surface area (Å²) in [6.45, 7) is 3.51. The maximum absolute atomic E-state index is 13.2. The molecule has 1 unspecified atom stereocenters. The Morgan fingerprint density at radius 2 is 1.81 bits per heavy atom. The molecule has 0 radical (unpaired) electrons. The smallest absolute Gasteiger partial charge is 0.335 e. The van der Waals surface area contributed by atoms with Gasteiger partial charge in [-0.2, -0.15) is 0 Å². The fourth-order valence-electron chi connectivity index (χ4n) is 1.99. The van der Waals surface area contributed by atoms with Crippen LogP contribution in [0, 0.1) is 19.7 Å². The summed E-state index contributed by atoms with van der Waals surface area (Å²) in [5, 5.41) is 9.09. The van der Waals surface area contributed by atoms with E-state index in [4.69, 9.17) is 5.11 Å². The molecule has 0 saturated carbocycles. The van der Waals surface area contributed by atoms with Gasteiger partial charge in [-0.05, 0) is 54.8 Å². The Balaban J connectivity index is 2.30. The van der Waals surface area contributed by atoms with Crippen LogP contribution < -0.4 is 0 Å². The SMILES string of the molecule is Cc1ccc(F)cc1CS(=O)c1ccc(C)c(C(=O)O)c1. The average Bonchev–Trinajstić information content (AvgIpc) is 2.43. The Bertz CT molecular complexity index is 725. The first-order chi connectivity index (χ1) is 9.88. The van der Waals surface area contributed by atoms with E-state index in [-0.39, 0.29) is 17.1 Å². The molecule has 0 fully saturated rings. The lowest BCUT2D eigenvalue weighted by molar-refractivity contribution is 0.0696. The van der Waals surface area contributed by atoms with Crippen LogP contribution in [0.25, 0.3) is 0 Å². The summed E-state index contributed by atoms with van der Waals surface area (Å²) in [4.78, 5) is 11.5. The standard InChI is InChI=1S/C16H15FO3S/c1-10-3-5-13(17)7-12(10)9-21(20)14-6-4-11(2)15(8-14)16(18)19/h3-8H,9H2,1-2H3,(H,18,19). The third-order valence-electron chi connectivity index (χ3n) is 3.30. The van der Waals surface area contributed by atoms with E-state index in [1.807, 2.05) is 6.92 Å². The Hall–Kier alpha value is -2.01. The molecule has 2 aromatic carbocycles. The zero-order valence-electron chi connectivity index (χ0n) is 11.7. The van der Waals surface area contributed by atoms with Gasteiger partial charge in [-0.1, -0.05) is 12.1 Å². The molecule has 0 saturated heterocycles. The summed E-state index contributed by atoms with van der Waals surface area (Å²) in [7, 11) is -1.42. The summed E-state index contributed by atoms with van der Waals surface area (Å²) < 4.78 is 25.6. The van der Waals surface area contributed by atoms with Crippen LogP contribution in [0.1, 0.15) is 27.0 Å². The van der Waals surface area contributed by atoms with Crippen molar-refractivity contribution in [3.05, 3.63) is 64.5 Å². The molecule has 0 bridgehead atoms. The van der Waals surface area contributed by atoms with E-state index in [0.29, 0.717) is 16.0 Å². The van der Waals surface area contributed by atoms with Gasteiger partial charge in [-0.3, -0.25) is 4.21 Å². The maximum atomic E-state index is 13.2. The van der Waals surface area contributed by atoms with Crippen LogP contribution in [0.2, 0.25) is 0 Å². The van der Waals surface area contributed by atoms with Gasteiger partial charge in [0.15, 0.2) is 0 Å². The molecule has 0 aliphatic rings. The average molecular weight is 306 g/mol. The zero-order chi connectivity index (χ0) is 15.6. The third kappa shape index (κ3) is 3.55. The van der Waals surface area contributed by atoms with Crippen LogP contribution in [0.3, 0.4) is 0 Å². The molecular formula is C16H15FO3S. The number of carboxylic acids is 1. The molecule has 5 heteroatoms. The molecule has 1 N–H and O–H groups in total. The van der Waals surface area contributed by atoms with Crippen molar-refractivity contribution in [1.29, 1.82) is 0 Å². The number of benzene rings is 2. The van der Waals surface area contributed by atoms with E-state index < -0.39 is 16.8 Å². The van der Waals surface area contributed by atoms with Crippen molar-refractivity contribution in [2.24, 2.45) is 0 Å². The maximum Gasteiger partial charge on any atom is 0.335 e. The first-order valence-corrected chi connectivity index (χ1v) is 7.67. The predicted molar refractivity (Wildman–Crippen MR) is 79.4 cm³/mol. The molecule has 0 aliphatic heterocycles. The molecule has 2 rings (SSSR count). The molecule has 0 amide bonds. The van der Waals surface area contributed by atoms with Crippen molar-refractivity contribution >= 4 is 16.8 Å². The molecule has 0 heterocycles. The molecule has 1 atom stereocenters. The van der Waals surface area contributed by atoms with Gasteiger partial charge in [-0.25, -0.2) is 9.18 Å². The van der Waals surface area contributed by atoms with Gasteiger partial charge in [-0.15, -0.1) is 0 Å². The minimum absolute atomic E-state index is 0.136. The largest absolute Gasteiger partial charge is 0.478 e. The quantitative estimate of drug-likeness (QED) is 0.941. The minimum Gasteiger partial charge on any atom is -0.478 e. The first-order valence-electron chi connectivity index (χ1n) is 6.36. The molecule has 0 spiro atoms. The molecule has 3 nitrogen and oxygen atoms in total. The summed E-state index contributed by atoms with van der Waals surface area (Å²) in [5.41, 5.74) is 2.27. The second-order valence-electron chi connectivity index (χ2n) is 4.84.